The molecule has 0 aliphatic heterocycles. The smallest absolute Gasteiger partial charge is 0.271 e. The van der Waals surface area contributed by atoms with Crippen LogP contribution >= 0.6 is 0 Å². The zero-order valence-corrected chi connectivity index (χ0v) is 17.3. The minimum atomic E-state index is -0.968. The van der Waals surface area contributed by atoms with Gasteiger partial charge in [0.2, 0.25) is 0 Å². The van der Waals surface area contributed by atoms with Crippen molar-refractivity contribution in [3.8, 4) is 28.6 Å². The molecule has 5 rings (SSSR count). The lowest BCUT2D eigenvalue weighted by atomic mass is 10.1. The first kappa shape index (κ1) is 19.0. The van der Waals surface area contributed by atoms with Gasteiger partial charge in [-0.2, -0.15) is 10.4 Å². The average Bonchev–Trinajstić information content (AvgIpc) is 3.34. The SMILES string of the molecule is CC(C)(C#N)NC(=O)c1cccc(-c2cnc3[nH]c(-c4cnn(C5CC5)c4)cc3c2)n1. The summed E-state index contributed by atoms with van der Waals surface area (Å²) in [5.74, 6) is -0.390. The number of nitrogens with one attached hydrogen (secondary N) is 2. The molecule has 1 aliphatic rings. The summed E-state index contributed by atoms with van der Waals surface area (Å²) in [5, 5.41) is 17.2. The molecule has 1 aliphatic carbocycles. The third-order valence-corrected chi connectivity index (χ3v) is 5.29. The number of aromatic nitrogens is 5. The molecule has 0 atom stereocenters. The van der Waals surface area contributed by atoms with E-state index in [1.165, 1.54) is 12.8 Å². The molecule has 2 N–H and O–H groups in total. The maximum absolute atomic E-state index is 12.5. The fourth-order valence-corrected chi connectivity index (χ4v) is 3.42. The van der Waals surface area contributed by atoms with E-state index in [0.717, 1.165) is 27.9 Å². The minimum absolute atomic E-state index is 0.253. The standard InChI is InChI=1S/C23H21N7O/c1-23(2,13-24)29-22(31)19-5-3-4-18(27-19)15-8-14-9-20(28-21(14)25-10-15)16-11-26-30(12-16)17-6-7-17/h3-5,8-12,17H,6-7H2,1-2H3,(H,25,28)(H,29,31). The second-order valence-electron chi connectivity index (χ2n) is 8.38. The van der Waals surface area contributed by atoms with Crippen molar-refractivity contribution in [3.63, 3.8) is 0 Å². The van der Waals surface area contributed by atoms with E-state index in [0.29, 0.717) is 11.7 Å². The molecule has 0 spiro atoms. The molecule has 1 saturated carbocycles. The molecular formula is C23H21N7O. The molecule has 0 bridgehead atoms. The Bertz CT molecular complexity index is 1340. The van der Waals surface area contributed by atoms with Gasteiger partial charge in [0, 0.05) is 28.9 Å². The van der Waals surface area contributed by atoms with Gasteiger partial charge in [-0.3, -0.25) is 9.48 Å². The van der Waals surface area contributed by atoms with Crippen molar-refractivity contribution in [1.29, 1.82) is 5.26 Å². The van der Waals surface area contributed by atoms with Crippen molar-refractivity contribution in [2.24, 2.45) is 0 Å². The number of rotatable bonds is 5. The summed E-state index contributed by atoms with van der Waals surface area (Å²) >= 11 is 0. The van der Waals surface area contributed by atoms with Crippen LogP contribution in [-0.4, -0.2) is 36.2 Å². The van der Waals surface area contributed by atoms with Crippen molar-refractivity contribution < 1.29 is 4.79 Å². The van der Waals surface area contributed by atoms with Gasteiger partial charge < -0.3 is 10.3 Å². The number of fused-ring (bicyclic) bond motifs is 1. The summed E-state index contributed by atoms with van der Waals surface area (Å²) in [6, 6.07) is 11.9. The van der Waals surface area contributed by atoms with E-state index in [4.69, 9.17) is 5.26 Å². The number of H-pyrrole nitrogens is 1. The Morgan fingerprint density at radius 1 is 1.26 bits per heavy atom. The largest absolute Gasteiger partial charge is 0.339 e. The van der Waals surface area contributed by atoms with E-state index in [1.54, 1.807) is 32.2 Å². The van der Waals surface area contributed by atoms with E-state index >= 15 is 0 Å². The van der Waals surface area contributed by atoms with Gasteiger partial charge in [0.25, 0.3) is 5.91 Å². The van der Waals surface area contributed by atoms with Gasteiger partial charge in [0.05, 0.1) is 29.7 Å². The van der Waals surface area contributed by atoms with Crippen LogP contribution in [-0.2, 0) is 0 Å². The highest BCUT2D eigenvalue weighted by atomic mass is 16.2. The molecule has 1 amide bonds. The third kappa shape index (κ3) is 3.78. The summed E-state index contributed by atoms with van der Waals surface area (Å²) in [4.78, 5) is 24.8. The Labute approximate surface area is 179 Å². The molecule has 8 nitrogen and oxygen atoms in total. The van der Waals surface area contributed by atoms with E-state index in [2.05, 4.69) is 37.6 Å². The number of nitriles is 1. The summed E-state index contributed by atoms with van der Waals surface area (Å²) < 4.78 is 2.02. The van der Waals surface area contributed by atoms with Crippen molar-refractivity contribution in [2.75, 3.05) is 0 Å². The predicted octanol–water partition coefficient (Wildman–Crippen LogP) is 3.86. The first-order chi connectivity index (χ1) is 14.9. The Morgan fingerprint density at radius 2 is 2.10 bits per heavy atom. The maximum Gasteiger partial charge on any atom is 0.271 e. The number of aromatic amines is 1. The van der Waals surface area contributed by atoms with Crippen LogP contribution in [0.5, 0.6) is 0 Å². The quantitative estimate of drug-likeness (QED) is 0.518. The number of amides is 1. The van der Waals surface area contributed by atoms with Crippen molar-refractivity contribution in [1.82, 2.24) is 30.0 Å². The fourth-order valence-electron chi connectivity index (χ4n) is 3.42. The van der Waals surface area contributed by atoms with Gasteiger partial charge in [0.15, 0.2) is 0 Å². The number of hydrogen-bond acceptors (Lipinski definition) is 5. The van der Waals surface area contributed by atoms with Crippen LogP contribution in [0.15, 0.2) is 48.9 Å². The minimum Gasteiger partial charge on any atom is -0.339 e. The highest BCUT2D eigenvalue weighted by Crippen LogP contribution is 2.35. The average molecular weight is 411 g/mol. The molecule has 4 aromatic rings. The molecule has 8 heteroatoms. The number of nitrogens with zero attached hydrogens (tertiary/aromatic N) is 5. The fraction of sp³-hybridized carbons (Fsp3) is 0.261. The third-order valence-electron chi connectivity index (χ3n) is 5.29. The Hall–Kier alpha value is -3.99. The van der Waals surface area contributed by atoms with Gasteiger partial charge in [-0.15, -0.1) is 0 Å². The van der Waals surface area contributed by atoms with E-state index in [9.17, 15) is 4.79 Å². The lowest BCUT2D eigenvalue weighted by molar-refractivity contribution is 0.0924. The van der Waals surface area contributed by atoms with Gasteiger partial charge in [0.1, 0.15) is 16.9 Å². The molecule has 4 heterocycles. The van der Waals surface area contributed by atoms with Gasteiger partial charge in [-0.1, -0.05) is 6.07 Å². The topological polar surface area (TPSA) is 112 Å². The predicted molar refractivity (Wildman–Crippen MR) is 116 cm³/mol. The van der Waals surface area contributed by atoms with Crippen LogP contribution in [0.4, 0.5) is 0 Å². The normalized spacial score (nSPS) is 13.8. The molecule has 0 saturated heterocycles. The number of pyridine rings is 2. The summed E-state index contributed by atoms with van der Waals surface area (Å²) in [6.07, 6.45) is 8.05. The zero-order chi connectivity index (χ0) is 21.6. The van der Waals surface area contributed by atoms with E-state index < -0.39 is 5.54 Å². The molecule has 1 fully saturated rings. The highest BCUT2D eigenvalue weighted by Gasteiger charge is 2.24. The molecule has 0 aromatic carbocycles. The Kier molecular flexibility index (Phi) is 4.33. The first-order valence-electron chi connectivity index (χ1n) is 10.2. The van der Waals surface area contributed by atoms with Crippen LogP contribution in [0, 0.1) is 11.3 Å². The van der Waals surface area contributed by atoms with E-state index in [-0.39, 0.29) is 11.6 Å². The van der Waals surface area contributed by atoms with Gasteiger partial charge in [-0.25, -0.2) is 9.97 Å². The summed E-state index contributed by atoms with van der Waals surface area (Å²) in [5.41, 5.74) is 3.51. The van der Waals surface area contributed by atoms with Crippen LogP contribution in [0.2, 0.25) is 0 Å². The summed E-state index contributed by atoms with van der Waals surface area (Å²) in [6.45, 7) is 3.29. The van der Waals surface area contributed by atoms with Gasteiger partial charge >= 0.3 is 0 Å². The molecule has 154 valence electrons. The lowest BCUT2D eigenvalue weighted by Crippen LogP contribution is -2.42. The zero-order valence-electron chi connectivity index (χ0n) is 17.3. The monoisotopic (exact) mass is 411 g/mol. The number of carbonyl (C=O) groups excluding carboxylic acids is 1. The lowest BCUT2D eigenvalue weighted by Gasteiger charge is -2.17. The van der Waals surface area contributed by atoms with Crippen molar-refractivity contribution in [2.45, 2.75) is 38.3 Å². The first-order valence-corrected chi connectivity index (χ1v) is 10.2. The Morgan fingerprint density at radius 3 is 2.87 bits per heavy atom. The maximum atomic E-state index is 12.5. The van der Waals surface area contributed by atoms with E-state index in [1.807, 2.05) is 29.1 Å². The number of carbonyl (C=O) groups is 1. The molecule has 0 unspecified atom stereocenters. The van der Waals surface area contributed by atoms with Crippen LogP contribution < -0.4 is 5.32 Å². The van der Waals surface area contributed by atoms with Gasteiger partial charge in [-0.05, 0) is 51.0 Å². The van der Waals surface area contributed by atoms with Crippen LogP contribution in [0.3, 0.4) is 0 Å². The highest BCUT2D eigenvalue weighted by molar-refractivity contribution is 5.94. The van der Waals surface area contributed by atoms with Crippen LogP contribution in [0.1, 0.15) is 43.2 Å². The molecule has 31 heavy (non-hydrogen) atoms. The number of hydrogen-bond donors (Lipinski definition) is 2. The summed E-state index contributed by atoms with van der Waals surface area (Å²) in [7, 11) is 0. The Balaban J connectivity index is 1.44. The second kappa shape index (κ2) is 7.06. The molecule has 0 radical (unpaired) electrons. The molecule has 4 aromatic heterocycles. The second-order valence-corrected chi connectivity index (χ2v) is 8.38. The van der Waals surface area contributed by atoms with Crippen molar-refractivity contribution >= 4 is 16.9 Å². The van der Waals surface area contributed by atoms with Crippen LogP contribution in [0.25, 0.3) is 33.5 Å². The van der Waals surface area contributed by atoms with Crippen molar-refractivity contribution in [3.05, 3.63) is 54.6 Å². The molecular weight excluding hydrogens is 390 g/mol.